The summed E-state index contributed by atoms with van der Waals surface area (Å²) in [5, 5.41) is 9.07. The Hall–Kier alpha value is -1.88. The number of hydrogen-bond donors (Lipinski definition) is 1. The minimum atomic E-state index is -1.07. The second kappa shape index (κ2) is 5.40. The van der Waals surface area contributed by atoms with Crippen LogP contribution in [0, 0.1) is 5.82 Å². The van der Waals surface area contributed by atoms with Gasteiger partial charge in [-0.05, 0) is 35.4 Å². The van der Waals surface area contributed by atoms with E-state index in [1.807, 2.05) is 0 Å². The number of halogens is 2. The van der Waals surface area contributed by atoms with Crippen LogP contribution in [0.1, 0.15) is 10.4 Å². The zero-order chi connectivity index (χ0) is 14.0. The molecule has 1 N–H and O–H groups in total. The maximum atomic E-state index is 12.9. The van der Waals surface area contributed by atoms with Gasteiger partial charge in [0.2, 0.25) is 0 Å². The molecule has 98 valence electrons. The lowest BCUT2D eigenvalue weighted by Crippen LogP contribution is -2.01. The molecule has 0 radical (unpaired) electrons. The zero-order valence-corrected chi connectivity index (χ0v) is 11.6. The second-order valence-corrected chi connectivity index (χ2v) is 4.70. The zero-order valence-electron chi connectivity index (χ0n) is 9.98. The van der Waals surface area contributed by atoms with Crippen molar-refractivity contribution in [3.63, 3.8) is 0 Å². The summed E-state index contributed by atoms with van der Waals surface area (Å²) in [6.45, 7) is 0. The van der Waals surface area contributed by atoms with Gasteiger partial charge in [-0.25, -0.2) is 9.18 Å². The number of carbonyl (C=O) groups is 1. The quantitative estimate of drug-likeness (QED) is 0.929. The third-order valence-electron chi connectivity index (χ3n) is 2.67. The lowest BCUT2D eigenvalue weighted by atomic mass is 10.0. The van der Waals surface area contributed by atoms with Gasteiger partial charge < -0.3 is 9.84 Å². The molecule has 2 aromatic rings. The van der Waals surface area contributed by atoms with Crippen molar-refractivity contribution in [2.24, 2.45) is 0 Å². The Bertz CT molecular complexity index is 623. The Labute approximate surface area is 117 Å². The largest absolute Gasteiger partial charge is 0.496 e. The van der Waals surface area contributed by atoms with Crippen LogP contribution in [0.3, 0.4) is 0 Å². The van der Waals surface area contributed by atoms with Gasteiger partial charge in [0.05, 0.1) is 7.11 Å². The third-order valence-corrected chi connectivity index (χ3v) is 3.33. The predicted molar refractivity (Wildman–Crippen MR) is 73.0 cm³/mol. The number of methoxy groups -OCH3 is 1. The Balaban J connectivity index is 2.58. The van der Waals surface area contributed by atoms with Gasteiger partial charge in [-0.15, -0.1) is 0 Å². The second-order valence-electron chi connectivity index (χ2n) is 3.84. The number of aromatic carboxylic acids is 1. The molecule has 0 atom stereocenters. The number of carboxylic acids is 1. The Morgan fingerprint density at radius 2 is 1.89 bits per heavy atom. The van der Waals surface area contributed by atoms with E-state index < -0.39 is 5.97 Å². The van der Waals surface area contributed by atoms with Crippen molar-refractivity contribution in [3.8, 4) is 16.9 Å². The van der Waals surface area contributed by atoms with E-state index in [1.54, 1.807) is 18.2 Å². The molecule has 0 fully saturated rings. The number of ether oxygens (including phenoxy) is 1. The molecular weight excluding hydrogens is 315 g/mol. The van der Waals surface area contributed by atoms with Gasteiger partial charge in [0.1, 0.15) is 17.1 Å². The lowest BCUT2D eigenvalue weighted by Gasteiger charge is -2.10. The summed E-state index contributed by atoms with van der Waals surface area (Å²) in [6, 6.07) is 9.02. The first kappa shape index (κ1) is 13.5. The summed E-state index contributed by atoms with van der Waals surface area (Å²) in [4.78, 5) is 11.1. The number of benzene rings is 2. The van der Waals surface area contributed by atoms with E-state index in [-0.39, 0.29) is 17.1 Å². The summed E-state index contributed by atoms with van der Waals surface area (Å²) >= 11 is 3.32. The number of carboxylic acid groups (broad SMARTS) is 1. The van der Waals surface area contributed by atoms with Crippen molar-refractivity contribution in [3.05, 3.63) is 52.3 Å². The van der Waals surface area contributed by atoms with Crippen LogP contribution < -0.4 is 4.74 Å². The molecular formula is C14H10BrFO3. The Morgan fingerprint density at radius 1 is 1.26 bits per heavy atom. The van der Waals surface area contributed by atoms with Crippen LogP contribution in [0.15, 0.2) is 40.9 Å². The van der Waals surface area contributed by atoms with Crippen molar-refractivity contribution in [2.45, 2.75) is 0 Å². The lowest BCUT2D eigenvalue weighted by molar-refractivity contribution is 0.0693. The van der Waals surface area contributed by atoms with Crippen LogP contribution >= 0.6 is 15.9 Å². The summed E-state index contributed by atoms with van der Waals surface area (Å²) in [5.74, 6) is -1.13. The minimum Gasteiger partial charge on any atom is -0.496 e. The molecule has 0 aliphatic rings. The summed E-state index contributed by atoms with van der Waals surface area (Å²) < 4.78 is 18.6. The SMILES string of the molecule is COc1cc(-c2ccc(F)cc2)c(Br)cc1C(=O)O. The molecule has 3 nitrogen and oxygen atoms in total. The van der Waals surface area contributed by atoms with E-state index in [1.165, 1.54) is 25.3 Å². The first-order valence-corrected chi connectivity index (χ1v) is 6.19. The molecule has 0 unspecified atom stereocenters. The minimum absolute atomic E-state index is 0.0697. The number of rotatable bonds is 3. The van der Waals surface area contributed by atoms with Crippen molar-refractivity contribution in [1.29, 1.82) is 0 Å². The molecule has 0 spiro atoms. The molecule has 0 aliphatic heterocycles. The van der Waals surface area contributed by atoms with Gasteiger partial charge >= 0.3 is 5.97 Å². The van der Waals surface area contributed by atoms with Crippen molar-refractivity contribution < 1.29 is 19.0 Å². The van der Waals surface area contributed by atoms with Crippen molar-refractivity contribution >= 4 is 21.9 Å². The summed E-state index contributed by atoms with van der Waals surface area (Å²) in [5.41, 5.74) is 1.57. The van der Waals surface area contributed by atoms with Gasteiger partial charge in [0.15, 0.2) is 0 Å². The maximum Gasteiger partial charge on any atom is 0.339 e. The predicted octanol–water partition coefficient (Wildman–Crippen LogP) is 3.96. The molecule has 0 heterocycles. The highest BCUT2D eigenvalue weighted by Crippen LogP contribution is 2.34. The first-order chi connectivity index (χ1) is 9.02. The van der Waals surface area contributed by atoms with Crippen LogP contribution in [-0.4, -0.2) is 18.2 Å². The summed E-state index contributed by atoms with van der Waals surface area (Å²) in [7, 11) is 1.41. The van der Waals surface area contributed by atoms with E-state index >= 15 is 0 Å². The molecule has 0 aromatic heterocycles. The highest BCUT2D eigenvalue weighted by molar-refractivity contribution is 9.10. The molecule has 5 heteroatoms. The Morgan fingerprint density at radius 3 is 2.42 bits per heavy atom. The molecule has 0 amide bonds. The van der Waals surface area contributed by atoms with Crippen LogP contribution in [0.4, 0.5) is 4.39 Å². The molecule has 2 aromatic carbocycles. The molecule has 0 bridgehead atoms. The van der Waals surface area contributed by atoms with Crippen LogP contribution in [0.2, 0.25) is 0 Å². The van der Waals surface area contributed by atoms with Gasteiger partial charge in [-0.3, -0.25) is 0 Å². The average molecular weight is 325 g/mol. The highest BCUT2D eigenvalue weighted by Gasteiger charge is 2.15. The smallest absolute Gasteiger partial charge is 0.339 e. The monoisotopic (exact) mass is 324 g/mol. The van der Waals surface area contributed by atoms with E-state index in [2.05, 4.69) is 15.9 Å². The van der Waals surface area contributed by atoms with Gasteiger partial charge in [0.25, 0.3) is 0 Å². The highest BCUT2D eigenvalue weighted by atomic mass is 79.9. The fraction of sp³-hybridized carbons (Fsp3) is 0.0714. The first-order valence-electron chi connectivity index (χ1n) is 5.39. The van der Waals surface area contributed by atoms with E-state index in [0.717, 1.165) is 11.1 Å². The molecule has 0 saturated heterocycles. The normalized spacial score (nSPS) is 10.3. The third kappa shape index (κ3) is 2.76. The standard InChI is InChI=1S/C14H10BrFO3/c1-19-13-7-10(8-2-4-9(16)5-3-8)12(15)6-11(13)14(17)18/h2-7H,1H3,(H,17,18). The van der Waals surface area contributed by atoms with E-state index in [9.17, 15) is 9.18 Å². The van der Waals surface area contributed by atoms with E-state index in [0.29, 0.717) is 4.47 Å². The number of hydrogen-bond acceptors (Lipinski definition) is 2. The molecule has 2 rings (SSSR count). The van der Waals surface area contributed by atoms with Gasteiger partial charge in [-0.2, -0.15) is 0 Å². The van der Waals surface area contributed by atoms with Crippen LogP contribution in [-0.2, 0) is 0 Å². The molecule has 0 saturated carbocycles. The van der Waals surface area contributed by atoms with Crippen molar-refractivity contribution in [1.82, 2.24) is 0 Å². The van der Waals surface area contributed by atoms with Gasteiger partial charge in [-0.1, -0.05) is 28.1 Å². The average Bonchev–Trinajstić information content (AvgIpc) is 2.39. The van der Waals surface area contributed by atoms with Crippen LogP contribution in [0.5, 0.6) is 5.75 Å². The fourth-order valence-corrected chi connectivity index (χ4v) is 2.31. The van der Waals surface area contributed by atoms with Gasteiger partial charge in [0, 0.05) is 4.47 Å². The Kier molecular flexibility index (Phi) is 3.85. The molecule has 0 aliphatic carbocycles. The fourth-order valence-electron chi connectivity index (χ4n) is 1.74. The maximum absolute atomic E-state index is 12.9. The molecule has 19 heavy (non-hydrogen) atoms. The summed E-state index contributed by atoms with van der Waals surface area (Å²) in [6.07, 6.45) is 0. The van der Waals surface area contributed by atoms with Crippen LogP contribution in [0.25, 0.3) is 11.1 Å². The van der Waals surface area contributed by atoms with Crippen molar-refractivity contribution in [2.75, 3.05) is 7.11 Å². The topological polar surface area (TPSA) is 46.5 Å². The van der Waals surface area contributed by atoms with E-state index in [4.69, 9.17) is 9.84 Å².